The number of anilines is 1. The van der Waals surface area contributed by atoms with E-state index in [-0.39, 0.29) is 0 Å². The predicted molar refractivity (Wildman–Crippen MR) is 86.1 cm³/mol. The quantitative estimate of drug-likeness (QED) is 0.897. The van der Waals surface area contributed by atoms with Gasteiger partial charge in [0.25, 0.3) is 0 Å². The molecular weight excluding hydrogens is 258 g/mol. The van der Waals surface area contributed by atoms with Crippen LogP contribution in [0.25, 0.3) is 0 Å². The molecule has 0 aromatic heterocycles. The second-order valence-corrected chi connectivity index (χ2v) is 6.16. The van der Waals surface area contributed by atoms with Crippen molar-refractivity contribution >= 4 is 5.69 Å². The van der Waals surface area contributed by atoms with Crippen molar-refractivity contribution in [1.29, 1.82) is 0 Å². The van der Waals surface area contributed by atoms with Gasteiger partial charge in [0.05, 0.1) is 6.10 Å². The van der Waals surface area contributed by atoms with E-state index in [0.29, 0.717) is 12.0 Å². The molecule has 1 N–H and O–H groups in total. The number of fused-ring (bicyclic) bond motifs is 1. The number of hydrogen-bond acceptors (Lipinski definition) is 2. The van der Waals surface area contributed by atoms with Gasteiger partial charge in [-0.05, 0) is 60.9 Å². The molecule has 1 atom stereocenters. The van der Waals surface area contributed by atoms with Gasteiger partial charge in [0.1, 0.15) is 5.75 Å². The summed E-state index contributed by atoms with van der Waals surface area (Å²) in [5.74, 6) is 1.64. The van der Waals surface area contributed by atoms with Crippen LogP contribution in [0, 0.1) is 0 Å². The molecule has 2 aromatic carbocycles. The summed E-state index contributed by atoms with van der Waals surface area (Å²) in [4.78, 5) is 0. The molecule has 0 spiro atoms. The molecule has 1 heterocycles. The third-order valence-electron chi connectivity index (χ3n) is 4.44. The van der Waals surface area contributed by atoms with Gasteiger partial charge in [-0.3, -0.25) is 0 Å². The predicted octanol–water partition coefficient (Wildman–Crippen LogP) is 4.37. The summed E-state index contributed by atoms with van der Waals surface area (Å²) < 4.78 is 5.82. The summed E-state index contributed by atoms with van der Waals surface area (Å²) in [7, 11) is 0. The molecule has 1 aliphatic heterocycles. The Bertz CT molecular complexity index is 616. The third kappa shape index (κ3) is 2.90. The molecule has 2 aliphatic rings. The first-order chi connectivity index (χ1) is 10.4. The van der Waals surface area contributed by atoms with Gasteiger partial charge in [0.2, 0.25) is 0 Å². The Morgan fingerprint density at radius 1 is 0.952 bits per heavy atom. The largest absolute Gasteiger partial charge is 0.490 e. The Morgan fingerprint density at radius 3 is 2.57 bits per heavy atom. The second-order valence-electron chi connectivity index (χ2n) is 6.16. The first-order valence-corrected chi connectivity index (χ1v) is 7.97. The monoisotopic (exact) mass is 279 g/mol. The van der Waals surface area contributed by atoms with Crippen LogP contribution in [0.4, 0.5) is 5.69 Å². The molecule has 2 heteroatoms. The molecule has 0 bridgehead atoms. The van der Waals surface area contributed by atoms with Gasteiger partial charge in [-0.1, -0.05) is 30.3 Å². The summed E-state index contributed by atoms with van der Waals surface area (Å²) in [5, 5.41) is 3.50. The van der Waals surface area contributed by atoms with Crippen LogP contribution in [0.5, 0.6) is 5.75 Å². The summed E-state index contributed by atoms with van der Waals surface area (Å²) in [6.07, 6.45) is 5.23. The number of ether oxygens (including phenoxy) is 1. The van der Waals surface area contributed by atoms with Crippen LogP contribution in [0.15, 0.2) is 48.5 Å². The van der Waals surface area contributed by atoms with Gasteiger partial charge in [-0.15, -0.1) is 0 Å². The zero-order valence-corrected chi connectivity index (χ0v) is 12.2. The number of hydrogen-bond donors (Lipinski definition) is 1. The maximum Gasteiger partial charge on any atom is 0.119 e. The zero-order valence-electron chi connectivity index (χ0n) is 12.2. The van der Waals surface area contributed by atoms with Crippen molar-refractivity contribution < 1.29 is 4.74 Å². The van der Waals surface area contributed by atoms with Crippen LogP contribution < -0.4 is 10.1 Å². The first-order valence-electron chi connectivity index (χ1n) is 7.97. The molecule has 1 aliphatic carbocycles. The fraction of sp³-hybridized carbons (Fsp3) is 0.368. The molecule has 4 rings (SSSR count). The minimum Gasteiger partial charge on any atom is -0.490 e. The molecule has 21 heavy (non-hydrogen) atoms. The Hall–Kier alpha value is -1.96. The highest BCUT2D eigenvalue weighted by molar-refractivity contribution is 5.55. The van der Waals surface area contributed by atoms with Gasteiger partial charge in [-0.2, -0.15) is 0 Å². The third-order valence-corrected chi connectivity index (χ3v) is 4.44. The normalized spacial score (nSPS) is 20.5. The summed E-state index contributed by atoms with van der Waals surface area (Å²) in [6.45, 7) is 1.07. The molecule has 2 aromatic rings. The van der Waals surface area contributed by atoms with E-state index in [1.807, 2.05) is 0 Å². The SMILES string of the molecule is c1ccc2c(c1)NCCC2Cc1ccc(OC2CC2)cc1. The van der Waals surface area contributed by atoms with E-state index in [4.69, 9.17) is 4.74 Å². The van der Waals surface area contributed by atoms with E-state index in [1.165, 1.54) is 36.1 Å². The zero-order chi connectivity index (χ0) is 14.1. The summed E-state index contributed by atoms with van der Waals surface area (Å²) >= 11 is 0. The fourth-order valence-corrected chi connectivity index (χ4v) is 3.13. The smallest absolute Gasteiger partial charge is 0.119 e. The Morgan fingerprint density at radius 2 is 1.76 bits per heavy atom. The minimum absolute atomic E-state index is 0.479. The molecule has 0 radical (unpaired) electrons. The number of nitrogens with one attached hydrogen (secondary N) is 1. The number of para-hydroxylation sites is 1. The lowest BCUT2D eigenvalue weighted by Gasteiger charge is -2.26. The van der Waals surface area contributed by atoms with Crippen molar-refractivity contribution in [1.82, 2.24) is 0 Å². The highest BCUT2D eigenvalue weighted by Crippen LogP contribution is 2.34. The molecule has 108 valence electrons. The highest BCUT2D eigenvalue weighted by atomic mass is 16.5. The van der Waals surface area contributed by atoms with E-state index >= 15 is 0 Å². The number of rotatable bonds is 4. The van der Waals surface area contributed by atoms with Gasteiger partial charge < -0.3 is 10.1 Å². The Labute approximate surface area is 126 Å². The minimum atomic E-state index is 0.479. The molecular formula is C19H21NO. The van der Waals surface area contributed by atoms with Crippen molar-refractivity contribution in [2.45, 2.75) is 37.7 Å². The average Bonchev–Trinajstić information content (AvgIpc) is 3.34. The van der Waals surface area contributed by atoms with E-state index in [0.717, 1.165) is 18.7 Å². The molecule has 0 saturated heterocycles. The Balaban J connectivity index is 1.48. The van der Waals surface area contributed by atoms with Crippen molar-refractivity contribution in [2.24, 2.45) is 0 Å². The lowest BCUT2D eigenvalue weighted by atomic mass is 9.86. The lowest BCUT2D eigenvalue weighted by Crippen LogP contribution is -2.18. The van der Waals surface area contributed by atoms with Crippen LogP contribution in [0.3, 0.4) is 0 Å². The van der Waals surface area contributed by atoms with Gasteiger partial charge in [-0.25, -0.2) is 0 Å². The lowest BCUT2D eigenvalue weighted by molar-refractivity contribution is 0.303. The van der Waals surface area contributed by atoms with Gasteiger partial charge >= 0.3 is 0 Å². The van der Waals surface area contributed by atoms with Crippen molar-refractivity contribution in [3.05, 3.63) is 59.7 Å². The Kier molecular flexibility index (Phi) is 3.30. The summed E-state index contributed by atoms with van der Waals surface area (Å²) in [5.41, 5.74) is 4.17. The summed E-state index contributed by atoms with van der Waals surface area (Å²) in [6, 6.07) is 17.4. The van der Waals surface area contributed by atoms with E-state index < -0.39 is 0 Å². The van der Waals surface area contributed by atoms with Crippen LogP contribution in [0.2, 0.25) is 0 Å². The van der Waals surface area contributed by atoms with Crippen LogP contribution >= 0.6 is 0 Å². The van der Waals surface area contributed by atoms with E-state index in [2.05, 4.69) is 53.8 Å². The van der Waals surface area contributed by atoms with Crippen LogP contribution in [0.1, 0.15) is 36.3 Å². The van der Waals surface area contributed by atoms with Gasteiger partial charge in [0.15, 0.2) is 0 Å². The van der Waals surface area contributed by atoms with Crippen LogP contribution in [-0.4, -0.2) is 12.6 Å². The molecule has 2 nitrogen and oxygen atoms in total. The average molecular weight is 279 g/mol. The van der Waals surface area contributed by atoms with Crippen LogP contribution in [-0.2, 0) is 6.42 Å². The van der Waals surface area contributed by atoms with Gasteiger partial charge in [0, 0.05) is 12.2 Å². The number of benzene rings is 2. The maximum absolute atomic E-state index is 5.82. The molecule has 0 amide bonds. The topological polar surface area (TPSA) is 21.3 Å². The molecule has 1 fully saturated rings. The van der Waals surface area contributed by atoms with E-state index in [1.54, 1.807) is 0 Å². The van der Waals surface area contributed by atoms with Crippen molar-refractivity contribution in [3.8, 4) is 5.75 Å². The van der Waals surface area contributed by atoms with E-state index in [9.17, 15) is 0 Å². The standard InChI is InChI=1S/C19H21NO/c1-2-4-19-18(3-1)15(11-12-20-19)13-14-5-7-16(8-6-14)21-17-9-10-17/h1-8,15,17,20H,9-13H2. The van der Waals surface area contributed by atoms with Crippen molar-refractivity contribution in [3.63, 3.8) is 0 Å². The highest BCUT2D eigenvalue weighted by Gasteiger charge is 2.23. The second kappa shape index (κ2) is 5.44. The maximum atomic E-state index is 5.82. The van der Waals surface area contributed by atoms with Crippen molar-refractivity contribution in [2.75, 3.05) is 11.9 Å². The first kappa shape index (κ1) is 12.8. The molecule has 1 saturated carbocycles. The molecule has 1 unspecified atom stereocenters. The fourth-order valence-electron chi connectivity index (χ4n) is 3.13.